The maximum atomic E-state index is 14.0. The molecule has 144 valence electrons. The minimum absolute atomic E-state index is 0.191. The third-order valence-corrected chi connectivity index (χ3v) is 6.03. The molecule has 0 spiro atoms. The molecule has 2 saturated heterocycles. The normalized spacial score (nSPS) is 23.0. The second-order valence-electron chi connectivity index (χ2n) is 7.64. The van der Waals surface area contributed by atoms with E-state index in [4.69, 9.17) is 0 Å². The Labute approximate surface area is 160 Å². The van der Waals surface area contributed by atoms with Crippen LogP contribution in [-0.2, 0) is 11.8 Å². The van der Waals surface area contributed by atoms with Gasteiger partial charge < -0.3 is 19.3 Å². The standard InChI is InChI=1S/C21H27FN4O/c1-23-10-4-8-19(23)20-9-5-11-26(20)16-21(27)25-14-12-24(13-15-25)18-7-3-2-6-17(18)22/h2-4,6-8,10,20H,5,9,11-16H2,1H3/p+1/t20-/m0/s1. The van der Waals surface area contributed by atoms with E-state index in [9.17, 15) is 9.18 Å². The molecule has 2 aliphatic heterocycles. The fourth-order valence-corrected chi connectivity index (χ4v) is 4.53. The van der Waals surface area contributed by atoms with Crippen molar-refractivity contribution in [1.29, 1.82) is 0 Å². The van der Waals surface area contributed by atoms with Gasteiger partial charge in [0.25, 0.3) is 5.91 Å². The first kappa shape index (κ1) is 18.0. The largest absolute Gasteiger partial charge is 0.366 e. The number of hydrogen-bond acceptors (Lipinski definition) is 2. The lowest BCUT2D eigenvalue weighted by molar-refractivity contribution is -0.911. The van der Waals surface area contributed by atoms with Crippen molar-refractivity contribution in [1.82, 2.24) is 9.47 Å². The lowest BCUT2D eigenvalue weighted by Crippen LogP contribution is -3.11. The molecule has 2 fully saturated rings. The Morgan fingerprint density at radius 1 is 1.15 bits per heavy atom. The number of anilines is 1. The molecule has 3 heterocycles. The highest BCUT2D eigenvalue weighted by Gasteiger charge is 2.34. The van der Waals surface area contributed by atoms with Crippen LogP contribution >= 0.6 is 0 Å². The van der Waals surface area contributed by atoms with Crippen LogP contribution < -0.4 is 9.80 Å². The van der Waals surface area contributed by atoms with Crippen molar-refractivity contribution in [3.8, 4) is 0 Å². The van der Waals surface area contributed by atoms with Crippen molar-refractivity contribution in [3.05, 3.63) is 54.1 Å². The number of piperazine rings is 1. The first-order valence-corrected chi connectivity index (χ1v) is 9.86. The molecule has 0 radical (unpaired) electrons. The zero-order chi connectivity index (χ0) is 18.8. The maximum Gasteiger partial charge on any atom is 0.277 e. The molecule has 1 aromatic heterocycles. The molecule has 1 aromatic carbocycles. The minimum atomic E-state index is -0.191. The van der Waals surface area contributed by atoms with E-state index in [-0.39, 0.29) is 11.7 Å². The summed E-state index contributed by atoms with van der Waals surface area (Å²) < 4.78 is 16.2. The van der Waals surface area contributed by atoms with Gasteiger partial charge in [0.1, 0.15) is 11.9 Å². The molecule has 1 N–H and O–H groups in total. The summed E-state index contributed by atoms with van der Waals surface area (Å²) in [5.74, 6) is 0.0310. The van der Waals surface area contributed by atoms with Gasteiger partial charge >= 0.3 is 0 Å². The van der Waals surface area contributed by atoms with Crippen LogP contribution in [0.1, 0.15) is 24.6 Å². The van der Waals surface area contributed by atoms with Crippen molar-refractivity contribution in [2.24, 2.45) is 7.05 Å². The smallest absolute Gasteiger partial charge is 0.277 e. The highest BCUT2D eigenvalue weighted by molar-refractivity contribution is 5.77. The van der Waals surface area contributed by atoms with Gasteiger partial charge in [-0.25, -0.2) is 4.39 Å². The molecular weight excluding hydrogens is 343 g/mol. The second-order valence-corrected chi connectivity index (χ2v) is 7.64. The second kappa shape index (κ2) is 7.72. The average molecular weight is 371 g/mol. The van der Waals surface area contributed by atoms with E-state index < -0.39 is 0 Å². The maximum absolute atomic E-state index is 14.0. The molecule has 2 atom stereocenters. The summed E-state index contributed by atoms with van der Waals surface area (Å²) >= 11 is 0. The van der Waals surface area contributed by atoms with Gasteiger partial charge in [-0.05, 0) is 24.3 Å². The van der Waals surface area contributed by atoms with Crippen LogP contribution in [0.15, 0.2) is 42.6 Å². The molecular formula is C21H28FN4O+. The number of aryl methyl sites for hydroxylation is 1. The number of benzene rings is 1. The highest BCUT2D eigenvalue weighted by Crippen LogP contribution is 2.21. The van der Waals surface area contributed by atoms with Crippen molar-refractivity contribution in [2.45, 2.75) is 18.9 Å². The Hall–Kier alpha value is -2.34. The number of amides is 1. The SMILES string of the molecule is Cn1cccc1[C@@H]1CCC[NH+]1CC(=O)N1CCN(c2ccccc2F)CC1. The van der Waals surface area contributed by atoms with Crippen LogP contribution in [0.4, 0.5) is 10.1 Å². The Kier molecular flexibility index (Phi) is 5.16. The van der Waals surface area contributed by atoms with Crippen LogP contribution in [0, 0.1) is 5.82 Å². The average Bonchev–Trinajstić information content (AvgIpc) is 3.30. The molecule has 0 saturated carbocycles. The zero-order valence-electron chi connectivity index (χ0n) is 15.9. The van der Waals surface area contributed by atoms with Gasteiger partial charge in [-0.3, -0.25) is 4.79 Å². The first-order valence-electron chi connectivity index (χ1n) is 9.86. The number of rotatable bonds is 4. The predicted molar refractivity (Wildman–Crippen MR) is 103 cm³/mol. The van der Waals surface area contributed by atoms with E-state index in [0.29, 0.717) is 44.5 Å². The van der Waals surface area contributed by atoms with Gasteiger partial charge in [-0.1, -0.05) is 12.1 Å². The van der Waals surface area contributed by atoms with Crippen LogP contribution in [0.2, 0.25) is 0 Å². The van der Waals surface area contributed by atoms with Gasteiger partial charge in [0, 0.05) is 52.3 Å². The molecule has 4 rings (SSSR count). The molecule has 1 unspecified atom stereocenters. The topological polar surface area (TPSA) is 32.9 Å². The van der Waals surface area contributed by atoms with Gasteiger partial charge in [0.05, 0.1) is 17.9 Å². The Bertz CT molecular complexity index is 797. The Morgan fingerprint density at radius 3 is 2.63 bits per heavy atom. The van der Waals surface area contributed by atoms with E-state index in [1.165, 1.54) is 23.1 Å². The molecule has 0 aliphatic carbocycles. The number of aromatic nitrogens is 1. The number of likely N-dealkylation sites (tertiary alicyclic amines) is 1. The quantitative estimate of drug-likeness (QED) is 0.877. The molecule has 5 nitrogen and oxygen atoms in total. The number of nitrogens with one attached hydrogen (secondary N) is 1. The van der Waals surface area contributed by atoms with Gasteiger partial charge in [0.2, 0.25) is 0 Å². The highest BCUT2D eigenvalue weighted by atomic mass is 19.1. The minimum Gasteiger partial charge on any atom is -0.366 e. The number of nitrogens with zero attached hydrogens (tertiary/aromatic N) is 3. The number of halogens is 1. The molecule has 2 aromatic rings. The monoisotopic (exact) mass is 371 g/mol. The van der Waals surface area contributed by atoms with E-state index in [1.807, 2.05) is 21.9 Å². The lowest BCUT2D eigenvalue weighted by atomic mass is 10.1. The number of carbonyl (C=O) groups excluding carboxylic acids is 1. The summed E-state index contributed by atoms with van der Waals surface area (Å²) in [6.45, 7) is 4.29. The van der Waals surface area contributed by atoms with Crippen LogP contribution in [0.3, 0.4) is 0 Å². The van der Waals surface area contributed by atoms with Crippen LogP contribution in [0.25, 0.3) is 0 Å². The zero-order valence-corrected chi connectivity index (χ0v) is 15.9. The molecule has 0 bridgehead atoms. The number of para-hydroxylation sites is 1. The van der Waals surface area contributed by atoms with Crippen molar-refractivity contribution < 1.29 is 14.1 Å². The summed E-state index contributed by atoms with van der Waals surface area (Å²) in [4.78, 5) is 18.2. The molecule has 2 aliphatic rings. The van der Waals surface area contributed by atoms with Crippen molar-refractivity contribution in [3.63, 3.8) is 0 Å². The Morgan fingerprint density at radius 2 is 1.93 bits per heavy atom. The predicted octanol–water partition coefficient (Wildman–Crippen LogP) is 1.23. The van der Waals surface area contributed by atoms with Crippen molar-refractivity contribution >= 4 is 11.6 Å². The van der Waals surface area contributed by atoms with E-state index in [2.05, 4.69) is 29.9 Å². The number of carbonyl (C=O) groups is 1. The molecule has 1 amide bonds. The van der Waals surface area contributed by atoms with Gasteiger partial charge in [0.15, 0.2) is 6.54 Å². The third kappa shape index (κ3) is 3.72. The summed E-state index contributed by atoms with van der Waals surface area (Å²) in [5.41, 5.74) is 1.96. The molecule has 6 heteroatoms. The number of quaternary nitrogens is 1. The number of hydrogen-bond donors (Lipinski definition) is 1. The summed E-state index contributed by atoms with van der Waals surface area (Å²) in [6.07, 6.45) is 4.38. The molecule has 27 heavy (non-hydrogen) atoms. The van der Waals surface area contributed by atoms with E-state index in [1.54, 1.807) is 6.07 Å². The van der Waals surface area contributed by atoms with Crippen molar-refractivity contribution in [2.75, 3.05) is 44.2 Å². The van der Waals surface area contributed by atoms with Gasteiger partial charge in [-0.15, -0.1) is 0 Å². The van der Waals surface area contributed by atoms with Crippen LogP contribution in [0.5, 0.6) is 0 Å². The van der Waals surface area contributed by atoms with Gasteiger partial charge in [-0.2, -0.15) is 0 Å². The van der Waals surface area contributed by atoms with E-state index >= 15 is 0 Å². The first-order chi connectivity index (χ1) is 13.1. The fourth-order valence-electron chi connectivity index (χ4n) is 4.53. The van der Waals surface area contributed by atoms with Crippen LogP contribution in [-0.4, -0.2) is 54.6 Å². The lowest BCUT2D eigenvalue weighted by Gasteiger charge is -2.36. The summed E-state index contributed by atoms with van der Waals surface area (Å²) in [5, 5.41) is 0. The van der Waals surface area contributed by atoms with E-state index in [0.717, 1.165) is 13.0 Å². The third-order valence-electron chi connectivity index (χ3n) is 6.03. The summed E-state index contributed by atoms with van der Waals surface area (Å²) in [6, 6.07) is 11.5. The Balaban J connectivity index is 1.34. The summed E-state index contributed by atoms with van der Waals surface area (Å²) in [7, 11) is 2.08. The fraction of sp³-hybridized carbons (Fsp3) is 0.476.